The molecule has 0 bridgehead atoms. The number of hydrogen-bond acceptors (Lipinski definition) is 6. The van der Waals surface area contributed by atoms with Gasteiger partial charge in [0.15, 0.2) is 0 Å². The van der Waals surface area contributed by atoms with Crippen LogP contribution in [0.3, 0.4) is 0 Å². The predicted molar refractivity (Wildman–Crippen MR) is 93.7 cm³/mol. The van der Waals surface area contributed by atoms with Gasteiger partial charge in [0.05, 0.1) is 10.7 Å². The monoisotopic (exact) mass is 342 g/mol. The highest BCUT2D eigenvalue weighted by Crippen LogP contribution is 2.18. The maximum absolute atomic E-state index is 11.9. The molecular formula is C16H14N4OS2. The van der Waals surface area contributed by atoms with Crippen molar-refractivity contribution in [2.45, 2.75) is 13.3 Å². The van der Waals surface area contributed by atoms with Gasteiger partial charge in [-0.3, -0.25) is 10.1 Å². The van der Waals surface area contributed by atoms with Gasteiger partial charge in [-0.25, -0.2) is 4.98 Å². The number of hydrogen-bond donors (Lipinski definition) is 1. The number of rotatable bonds is 5. The number of anilines is 1. The highest BCUT2D eigenvalue weighted by molar-refractivity contribution is 7.15. The Morgan fingerprint density at radius 3 is 2.83 bits per heavy atom. The first-order chi connectivity index (χ1) is 11.2. The fraction of sp³-hybridized carbons (Fsp3) is 0.125. The fourth-order valence-electron chi connectivity index (χ4n) is 1.91. The lowest BCUT2D eigenvalue weighted by molar-refractivity contribution is -0.111. The van der Waals surface area contributed by atoms with Gasteiger partial charge in [-0.1, -0.05) is 41.7 Å². The van der Waals surface area contributed by atoms with Crippen LogP contribution in [0.5, 0.6) is 0 Å². The summed E-state index contributed by atoms with van der Waals surface area (Å²) >= 11 is 2.93. The van der Waals surface area contributed by atoms with E-state index in [1.165, 1.54) is 23.0 Å². The van der Waals surface area contributed by atoms with E-state index in [-0.39, 0.29) is 5.91 Å². The van der Waals surface area contributed by atoms with Crippen molar-refractivity contribution >= 4 is 39.8 Å². The predicted octanol–water partition coefficient (Wildman–Crippen LogP) is 3.55. The van der Waals surface area contributed by atoms with Crippen LogP contribution in [0.25, 0.3) is 6.08 Å². The molecule has 0 radical (unpaired) electrons. The van der Waals surface area contributed by atoms with Gasteiger partial charge >= 0.3 is 0 Å². The lowest BCUT2D eigenvalue weighted by Gasteiger charge is -1.95. The average molecular weight is 342 g/mol. The molecule has 0 unspecified atom stereocenters. The third-order valence-corrected chi connectivity index (χ3v) is 4.57. The lowest BCUT2D eigenvalue weighted by Crippen LogP contribution is -2.07. The highest BCUT2D eigenvalue weighted by atomic mass is 32.1. The molecule has 1 N–H and O–H groups in total. The molecule has 23 heavy (non-hydrogen) atoms. The quantitative estimate of drug-likeness (QED) is 0.720. The zero-order valence-corrected chi connectivity index (χ0v) is 14.0. The van der Waals surface area contributed by atoms with E-state index < -0.39 is 0 Å². The van der Waals surface area contributed by atoms with Crippen molar-refractivity contribution in [3.63, 3.8) is 0 Å². The molecule has 0 aliphatic heterocycles. The number of carbonyl (C=O) groups is 1. The Balaban J connectivity index is 1.58. The Kier molecular flexibility index (Phi) is 4.89. The van der Waals surface area contributed by atoms with Crippen molar-refractivity contribution in [3.05, 3.63) is 63.1 Å². The van der Waals surface area contributed by atoms with Crippen LogP contribution < -0.4 is 5.32 Å². The number of nitrogens with zero attached hydrogens (tertiary/aromatic N) is 3. The number of amides is 1. The molecule has 2 heterocycles. The van der Waals surface area contributed by atoms with Gasteiger partial charge in [-0.15, -0.1) is 21.5 Å². The van der Waals surface area contributed by atoms with Crippen LogP contribution in [0.1, 0.15) is 21.3 Å². The standard InChI is InChI=1S/C16H14N4OS2/c1-11-17-13(10-22-11)7-8-14(21)18-16-20-19-15(23-16)9-12-5-3-2-4-6-12/h2-8,10H,9H2,1H3,(H,18,20,21). The van der Waals surface area contributed by atoms with Crippen molar-refractivity contribution in [2.75, 3.05) is 5.32 Å². The van der Waals surface area contributed by atoms with Crippen molar-refractivity contribution < 1.29 is 4.79 Å². The molecule has 5 nitrogen and oxygen atoms in total. The number of aryl methyl sites for hydroxylation is 1. The normalized spacial score (nSPS) is 11.0. The van der Waals surface area contributed by atoms with E-state index in [2.05, 4.69) is 20.5 Å². The van der Waals surface area contributed by atoms with Crippen LogP contribution in [-0.4, -0.2) is 21.1 Å². The molecule has 0 spiro atoms. The summed E-state index contributed by atoms with van der Waals surface area (Å²) in [6.45, 7) is 1.93. The Morgan fingerprint density at radius 1 is 1.26 bits per heavy atom. The minimum absolute atomic E-state index is 0.238. The third-order valence-electron chi connectivity index (χ3n) is 2.94. The minimum Gasteiger partial charge on any atom is -0.297 e. The van der Waals surface area contributed by atoms with Crippen LogP contribution in [0, 0.1) is 6.92 Å². The average Bonchev–Trinajstić information content (AvgIpc) is 3.15. The Labute approximate surface area is 141 Å². The first kappa shape index (κ1) is 15.5. The first-order valence-corrected chi connectivity index (χ1v) is 8.66. The molecule has 7 heteroatoms. The van der Waals surface area contributed by atoms with Crippen molar-refractivity contribution in [1.29, 1.82) is 0 Å². The third kappa shape index (κ3) is 4.54. The summed E-state index contributed by atoms with van der Waals surface area (Å²) in [5.41, 5.74) is 1.95. The number of benzene rings is 1. The Bertz CT molecular complexity index is 823. The van der Waals surface area contributed by atoms with Gasteiger partial charge < -0.3 is 0 Å². The summed E-state index contributed by atoms with van der Waals surface area (Å²) < 4.78 is 0. The summed E-state index contributed by atoms with van der Waals surface area (Å²) in [7, 11) is 0. The zero-order valence-electron chi connectivity index (χ0n) is 12.4. The first-order valence-electron chi connectivity index (χ1n) is 6.96. The van der Waals surface area contributed by atoms with Crippen molar-refractivity contribution in [3.8, 4) is 0 Å². The molecular weight excluding hydrogens is 328 g/mol. The largest absolute Gasteiger partial charge is 0.297 e. The van der Waals surface area contributed by atoms with Crippen LogP contribution >= 0.6 is 22.7 Å². The SMILES string of the molecule is Cc1nc(C=CC(=O)Nc2nnc(Cc3ccccc3)s2)cs1. The number of nitrogens with one attached hydrogen (secondary N) is 1. The minimum atomic E-state index is -0.238. The molecule has 0 atom stereocenters. The van der Waals surface area contributed by atoms with E-state index in [0.29, 0.717) is 11.6 Å². The van der Waals surface area contributed by atoms with Gasteiger partial charge in [0.2, 0.25) is 11.0 Å². The molecule has 116 valence electrons. The molecule has 2 aromatic heterocycles. The number of aromatic nitrogens is 3. The van der Waals surface area contributed by atoms with Gasteiger partial charge in [-0.2, -0.15) is 0 Å². The molecule has 3 rings (SSSR count). The topological polar surface area (TPSA) is 67.8 Å². The smallest absolute Gasteiger partial charge is 0.250 e. The molecule has 3 aromatic rings. The second-order valence-corrected chi connectivity index (χ2v) is 6.90. The van der Waals surface area contributed by atoms with Crippen LogP contribution in [-0.2, 0) is 11.2 Å². The van der Waals surface area contributed by atoms with Gasteiger partial charge in [-0.05, 0) is 18.6 Å². The van der Waals surface area contributed by atoms with E-state index in [9.17, 15) is 4.79 Å². The van der Waals surface area contributed by atoms with Crippen LogP contribution in [0.4, 0.5) is 5.13 Å². The molecule has 0 fully saturated rings. The molecule has 1 aromatic carbocycles. The summed E-state index contributed by atoms with van der Waals surface area (Å²) in [4.78, 5) is 16.1. The second-order valence-electron chi connectivity index (χ2n) is 4.78. The van der Waals surface area contributed by atoms with E-state index in [1.807, 2.05) is 42.6 Å². The Hall–Kier alpha value is -2.38. The maximum Gasteiger partial charge on any atom is 0.250 e. The van der Waals surface area contributed by atoms with Crippen LogP contribution in [0.15, 0.2) is 41.8 Å². The van der Waals surface area contributed by atoms with E-state index in [4.69, 9.17) is 0 Å². The molecule has 1 amide bonds. The zero-order chi connectivity index (χ0) is 16.1. The number of thiazole rings is 1. The van der Waals surface area contributed by atoms with E-state index in [0.717, 1.165) is 15.7 Å². The van der Waals surface area contributed by atoms with E-state index >= 15 is 0 Å². The Morgan fingerprint density at radius 2 is 2.09 bits per heavy atom. The summed E-state index contributed by atoms with van der Waals surface area (Å²) in [5, 5.41) is 15.1. The lowest BCUT2D eigenvalue weighted by atomic mass is 10.2. The molecule has 0 aliphatic carbocycles. The number of carbonyl (C=O) groups excluding carboxylic acids is 1. The van der Waals surface area contributed by atoms with Gasteiger partial charge in [0.1, 0.15) is 5.01 Å². The van der Waals surface area contributed by atoms with Gasteiger partial charge in [0.25, 0.3) is 0 Å². The summed E-state index contributed by atoms with van der Waals surface area (Å²) in [5.74, 6) is -0.238. The maximum atomic E-state index is 11.9. The molecule has 0 aliphatic rings. The van der Waals surface area contributed by atoms with E-state index in [1.54, 1.807) is 17.4 Å². The van der Waals surface area contributed by atoms with Gasteiger partial charge in [0, 0.05) is 17.9 Å². The fourth-order valence-corrected chi connectivity index (χ4v) is 3.27. The molecule has 0 saturated carbocycles. The second kappa shape index (κ2) is 7.26. The van der Waals surface area contributed by atoms with Crippen LogP contribution in [0.2, 0.25) is 0 Å². The van der Waals surface area contributed by atoms with Crippen molar-refractivity contribution in [2.24, 2.45) is 0 Å². The molecule has 0 saturated heterocycles. The van der Waals surface area contributed by atoms with Crippen molar-refractivity contribution in [1.82, 2.24) is 15.2 Å². The summed E-state index contributed by atoms with van der Waals surface area (Å²) in [6.07, 6.45) is 3.85. The summed E-state index contributed by atoms with van der Waals surface area (Å²) in [6, 6.07) is 10.0. The highest BCUT2D eigenvalue weighted by Gasteiger charge is 2.07.